The molecule has 5 aromatic rings. The SMILES string of the molecule is Cn1c(=O)n(C2CCC(=O)NC2=O)c2ccc(C[C@H]3CC[C@@H](CC(=O)N4CC[C@H]5CC[C@@H](C(=O)N[C@@H](CCC(N)=O)COc6cccc(S(C)(=O)=O)c6)N5C(=O)[C@@H](NC(=O)c5cc6cc(C(=O)P(=O)(O)O)ccc6[nH]5)C4)CC3)cc21. The molecule has 4 fully saturated rings. The van der Waals surface area contributed by atoms with E-state index in [2.05, 4.69) is 20.9 Å². The van der Waals surface area contributed by atoms with Gasteiger partial charge in [0.1, 0.15) is 36.2 Å². The fourth-order valence-corrected chi connectivity index (χ4v) is 12.8. The summed E-state index contributed by atoms with van der Waals surface area (Å²) >= 11 is 0. The number of H-pyrrole nitrogens is 1. The van der Waals surface area contributed by atoms with Gasteiger partial charge in [0.05, 0.1) is 22.0 Å². The lowest BCUT2D eigenvalue weighted by atomic mass is 9.78. The van der Waals surface area contributed by atoms with Crippen molar-refractivity contribution in [2.45, 2.75) is 119 Å². The topological polar surface area (TPSA) is 349 Å². The Morgan fingerprint density at radius 2 is 1.64 bits per heavy atom. The summed E-state index contributed by atoms with van der Waals surface area (Å²) < 4.78 is 45.0. The van der Waals surface area contributed by atoms with Gasteiger partial charge in [0.15, 0.2) is 9.84 Å². The number of amides is 7. The van der Waals surface area contributed by atoms with Crippen LogP contribution in [0.4, 0.5) is 0 Å². The minimum absolute atomic E-state index is 0.0147. The summed E-state index contributed by atoms with van der Waals surface area (Å²) in [6, 6.07) is 12.2. The summed E-state index contributed by atoms with van der Waals surface area (Å²) in [5.41, 5.74) is 6.03. The molecule has 8 N–H and O–H groups in total. The molecule has 7 amide bonds. The van der Waals surface area contributed by atoms with Gasteiger partial charge in [-0.3, -0.25) is 57.4 Å². The van der Waals surface area contributed by atoms with Gasteiger partial charge in [-0.05, 0) is 136 Å². The first-order valence-corrected chi connectivity index (χ1v) is 30.1. The summed E-state index contributed by atoms with van der Waals surface area (Å²) in [5, 5.41) is 8.30. The minimum atomic E-state index is -5.12. The molecule has 3 saturated heterocycles. The second-order valence-electron chi connectivity index (χ2n) is 21.5. The summed E-state index contributed by atoms with van der Waals surface area (Å²) in [6.07, 6.45) is 6.35. The molecular formula is C54H64N9O15PS. The molecule has 0 bridgehead atoms. The van der Waals surface area contributed by atoms with Gasteiger partial charge in [-0.2, -0.15) is 0 Å². The largest absolute Gasteiger partial charge is 0.491 e. The second-order valence-corrected chi connectivity index (χ2v) is 25.1. The van der Waals surface area contributed by atoms with Crippen molar-refractivity contribution in [3.8, 4) is 5.75 Å². The first kappa shape index (κ1) is 57.2. The number of fused-ring (bicyclic) bond motifs is 3. The van der Waals surface area contributed by atoms with E-state index in [1.807, 2.05) is 18.2 Å². The number of imidazole rings is 1. The maximum atomic E-state index is 15.0. The molecule has 4 aliphatic rings. The van der Waals surface area contributed by atoms with Crippen LogP contribution in [0.2, 0.25) is 0 Å². The average Bonchev–Trinajstić information content (AvgIpc) is 4.11. The molecule has 5 atom stereocenters. The monoisotopic (exact) mass is 1140 g/mol. The van der Waals surface area contributed by atoms with Crippen molar-refractivity contribution in [1.82, 2.24) is 39.9 Å². The van der Waals surface area contributed by atoms with E-state index in [1.165, 1.54) is 56.5 Å². The number of rotatable bonds is 18. The van der Waals surface area contributed by atoms with Crippen molar-refractivity contribution in [3.63, 3.8) is 0 Å². The van der Waals surface area contributed by atoms with Crippen LogP contribution >= 0.6 is 7.60 Å². The lowest BCUT2D eigenvalue weighted by Crippen LogP contribution is -2.61. The zero-order valence-corrected chi connectivity index (χ0v) is 45.8. The lowest BCUT2D eigenvalue weighted by molar-refractivity contribution is -0.145. The molecular weight excluding hydrogens is 1080 g/mol. The molecule has 24 nitrogen and oxygen atoms in total. The molecule has 426 valence electrons. The third-order valence-corrected chi connectivity index (χ3v) is 17.8. The zero-order valence-electron chi connectivity index (χ0n) is 44.1. The predicted octanol–water partition coefficient (Wildman–Crippen LogP) is 2.48. The third-order valence-electron chi connectivity index (χ3n) is 15.9. The molecule has 3 aliphatic heterocycles. The molecule has 80 heavy (non-hydrogen) atoms. The van der Waals surface area contributed by atoms with Crippen molar-refractivity contribution in [1.29, 1.82) is 0 Å². The van der Waals surface area contributed by atoms with Crippen molar-refractivity contribution in [2.24, 2.45) is 24.6 Å². The van der Waals surface area contributed by atoms with E-state index in [0.29, 0.717) is 35.3 Å². The average molecular weight is 1140 g/mol. The summed E-state index contributed by atoms with van der Waals surface area (Å²) in [4.78, 5) is 145. The van der Waals surface area contributed by atoms with Crippen molar-refractivity contribution >= 4 is 86.2 Å². The molecule has 9 rings (SSSR count). The Morgan fingerprint density at radius 1 is 0.887 bits per heavy atom. The molecule has 5 heterocycles. The number of sulfone groups is 1. The number of primary amides is 1. The predicted molar refractivity (Wildman–Crippen MR) is 289 cm³/mol. The number of carbonyl (C=O) groups is 8. The van der Waals surface area contributed by atoms with E-state index in [1.54, 1.807) is 18.0 Å². The van der Waals surface area contributed by atoms with Crippen molar-refractivity contribution in [3.05, 3.63) is 94.0 Å². The van der Waals surface area contributed by atoms with Crippen molar-refractivity contribution in [2.75, 3.05) is 26.0 Å². The number of nitrogens with zero attached hydrogens (tertiary/aromatic N) is 4. The number of aryl methyl sites for hydroxylation is 1. The lowest BCUT2D eigenvalue weighted by Gasteiger charge is -2.39. The molecule has 1 unspecified atom stereocenters. The van der Waals surface area contributed by atoms with Crippen LogP contribution in [-0.4, -0.2) is 139 Å². The fraction of sp³-hybridized carbons (Fsp3) is 0.463. The number of hydrogen-bond acceptors (Lipinski definition) is 13. The van der Waals surface area contributed by atoms with Crippen LogP contribution < -0.4 is 32.1 Å². The standard InChI is InChI=1S/C54H64N9O15PS/c1-60-45-23-32(10-15-42(45)63(54(60)72)44-17-19-47(65)59-51(44)69)22-30-6-8-31(9-7-30)24-48(66)61-21-20-36-13-16-43(50(68)56-35(12-18-46(55)64)29-78-37-4-3-5-38(27-37)80(2,76)77)62(36)52(70)41(28-61)58-49(67)40-26-34-25-33(11-14-39(34)57-40)53(71)79(73,74)75/h3-5,10-11,14-15,23,25-27,30-31,35-36,41,43-44,57H,6-9,12-13,16-22,24,28-29H2,1-2H3,(H2,55,64)(H,56,68)(H,58,67)(H,59,65,69)(H2,73,74,75)/t30-,31+,35-,36+,41-,43-,44?/m0/s1. The fourth-order valence-electron chi connectivity index (χ4n) is 11.7. The van der Waals surface area contributed by atoms with E-state index in [4.69, 9.17) is 10.5 Å². The number of imide groups is 1. The Balaban J connectivity index is 0.891. The van der Waals surface area contributed by atoms with Crippen molar-refractivity contribution < 1.29 is 65.9 Å². The molecule has 0 radical (unpaired) electrons. The highest BCUT2D eigenvalue weighted by Crippen LogP contribution is 2.40. The number of hydrogen-bond donors (Lipinski definition) is 7. The van der Waals surface area contributed by atoms with Crippen LogP contribution in [0.1, 0.15) is 110 Å². The van der Waals surface area contributed by atoms with Gasteiger partial charge in [-0.15, -0.1) is 0 Å². The summed E-state index contributed by atoms with van der Waals surface area (Å²) in [5.74, 6) is -3.17. The van der Waals surface area contributed by atoms with Gasteiger partial charge in [-0.25, -0.2) is 13.2 Å². The molecule has 0 spiro atoms. The number of ether oxygens (including phenoxy) is 1. The molecule has 1 aliphatic carbocycles. The van der Waals surface area contributed by atoms with E-state index in [0.717, 1.165) is 43.9 Å². The quantitative estimate of drug-likeness (QED) is 0.0490. The number of carbonyl (C=O) groups excluding carboxylic acids is 8. The third kappa shape index (κ3) is 12.8. The van der Waals surface area contributed by atoms with Gasteiger partial charge >= 0.3 is 13.3 Å². The molecule has 3 aromatic carbocycles. The second kappa shape index (κ2) is 23.3. The van der Waals surface area contributed by atoms with Gasteiger partial charge < -0.3 is 45.7 Å². The van der Waals surface area contributed by atoms with E-state index >= 15 is 4.79 Å². The van der Waals surface area contributed by atoms with Gasteiger partial charge in [0, 0.05) is 68.2 Å². The van der Waals surface area contributed by atoms with E-state index in [9.17, 15) is 61.1 Å². The maximum Gasteiger partial charge on any atom is 0.396 e. The number of aromatic nitrogens is 3. The van der Waals surface area contributed by atoms with Gasteiger partial charge in [0.2, 0.25) is 35.4 Å². The van der Waals surface area contributed by atoms with Crippen LogP contribution in [0.25, 0.3) is 21.9 Å². The maximum absolute atomic E-state index is 15.0. The van der Waals surface area contributed by atoms with Crippen LogP contribution in [0, 0.1) is 11.8 Å². The van der Waals surface area contributed by atoms with Crippen LogP contribution in [0.3, 0.4) is 0 Å². The number of piperidine rings is 1. The Labute approximate surface area is 459 Å². The first-order valence-electron chi connectivity index (χ1n) is 26.6. The van der Waals surface area contributed by atoms with Crippen LogP contribution in [-0.2, 0) is 56.6 Å². The minimum Gasteiger partial charge on any atom is -0.491 e. The number of benzene rings is 3. The summed E-state index contributed by atoms with van der Waals surface area (Å²) in [7, 11) is -7.04. The number of aromatic amines is 1. The summed E-state index contributed by atoms with van der Waals surface area (Å²) in [6.45, 7) is -0.225. The van der Waals surface area contributed by atoms with Crippen LogP contribution in [0.5, 0.6) is 5.75 Å². The van der Waals surface area contributed by atoms with Crippen LogP contribution in [0.15, 0.2) is 76.4 Å². The van der Waals surface area contributed by atoms with Gasteiger partial charge in [-0.1, -0.05) is 12.1 Å². The highest BCUT2D eigenvalue weighted by Gasteiger charge is 2.46. The zero-order chi connectivity index (χ0) is 57.4. The smallest absolute Gasteiger partial charge is 0.396 e. The van der Waals surface area contributed by atoms with E-state index < -0.39 is 82.7 Å². The highest BCUT2D eigenvalue weighted by atomic mass is 32.2. The molecule has 26 heteroatoms. The van der Waals surface area contributed by atoms with E-state index in [-0.39, 0.29) is 109 Å². The Kier molecular flexibility index (Phi) is 16.7. The molecule has 1 saturated carbocycles. The Bertz CT molecular complexity index is 3540. The molecule has 2 aromatic heterocycles. The normalized spacial score (nSPS) is 22.3. The van der Waals surface area contributed by atoms with Gasteiger partial charge in [0.25, 0.3) is 11.4 Å². The number of nitrogens with two attached hydrogens (primary N) is 1. The number of nitrogens with one attached hydrogen (secondary N) is 4. The Hall–Kier alpha value is -7.47. The highest BCUT2D eigenvalue weighted by molar-refractivity contribution is 7.90. The Morgan fingerprint density at radius 3 is 2.35 bits per heavy atom. The first-order chi connectivity index (χ1) is 37.9.